The van der Waals surface area contributed by atoms with Crippen LogP contribution in [0, 0.1) is 0 Å². The second kappa shape index (κ2) is 5.56. The molecule has 0 bridgehead atoms. The first-order chi connectivity index (χ1) is 11.1. The lowest BCUT2D eigenvalue weighted by Gasteiger charge is -2.43. The summed E-state index contributed by atoms with van der Waals surface area (Å²) in [6.45, 7) is 3.05. The minimum atomic E-state index is 0.0895. The molecule has 1 aromatic rings. The Balaban J connectivity index is 1.43. The van der Waals surface area contributed by atoms with E-state index in [9.17, 15) is 4.79 Å². The van der Waals surface area contributed by atoms with E-state index in [2.05, 4.69) is 4.90 Å². The molecule has 1 amide bonds. The number of hydrogen-bond acceptors (Lipinski definition) is 4. The molecule has 0 unspecified atom stereocenters. The topological polar surface area (TPSA) is 42.0 Å². The van der Waals surface area contributed by atoms with E-state index in [-0.39, 0.29) is 18.2 Å². The molecule has 1 spiro atoms. The number of carbonyl (C=O) groups is 1. The highest BCUT2D eigenvalue weighted by molar-refractivity contribution is 6.31. The molecule has 0 N–H and O–H groups in total. The molecule has 6 heteroatoms. The number of rotatable bonds is 2. The highest BCUT2D eigenvalue weighted by Crippen LogP contribution is 2.40. The average molecular weight is 337 g/mol. The summed E-state index contributed by atoms with van der Waals surface area (Å²) in [5.41, 5.74) is 1.16. The summed E-state index contributed by atoms with van der Waals surface area (Å²) in [4.78, 5) is 16.2. The molecule has 0 atom stereocenters. The van der Waals surface area contributed by atoms with Crippen LogP contribution in [0.15, 0.2) is 12.1 Å². The van der Waals surface area contributed by atoms with E-state index in [0.717, 1.165) is 61.0 Å². The van der Waals surface area contributed by atoms with Gasteiger partial charge in [-0.2, -0.15) is 0 Å². The van der Waals surface area contributed by atoms with Gasteiger partial charge in [0, 0.05) is 49.7 Å². The quantitative estimate of drug-likeness (QED) is 0.832. The van der Waals surface area contributed by atoms with Gasteiger partial charge in [0.05, 0.1) is 0 Å². The molecule has 1 aromatic carbocycles. The van der Waals surface area contributed by atoms with Gasteiger partial charge in [0.15, 0.2) is 11.5 Å². The van der Waals surface area contributed by atoms with E-state index >= 15 is 0 Å². The molecule has 3 heterocycles. The van der Waals surface area contributed by atoms with Gasteiger partial charge in [0.1, 0.15) is 0 Å². The standard InChI is InChI=1S/C17H21ClN2O3/c1-19-16(21)2-3-17(19)4-6-20(7-5-17)10-12-8-14-15(9-13(12)18)23-11-22-14/h8-9H,2-7,10-11H2,1H3. The van der Waals surface area contributed by atoms with Gasteiger partial charge in [-0.1, -0.05) is 11.6 Å². The number of likely N-dealkylation sites (tertiary alicyclic amines) is 2. The van der Waals surface area contributed by atoms with Crippen molar-refractivity contribution in [3.05, 3.63) is 22.7 Å². The second-order valence-corrected chi connectivity index (χ2v) is 7.16. The summed E-state index contributed by atoms with van der Waals surface area (Å²) >= 11 is 6.37. The summed E-state index contributed by atoms with van der Waals surface area (Å²) in [5.74, 6) is 1.79. The first-order valence-corrected chi connectivity index (χ1v) is 8.52. The number of hydrogen-bond donors (Lipinski definition) is 0. The Kier molecular flexibility index (Phi) is 3.65. The van der Waals surface area contributed by atoms with Crippen LogP contribution < -0.4 is 9.47 Å². The maximum Gasteiger partial charge on any atom is 0.231 e. The van der Waals surface area contributed by atoms with Gasteiger partial charge in [-0.05, 0) is 30.9 Å². The van der Waals surface area contributed by atoms with E-state index < -0.39 is 0 Å². The van der Waals surface area contributed by atoms with Gasteiger partial charge < -0.3 is 14.4 Å². The fourth-order valence-corrected chi connectivity index (χ4v) is 4.19. The molecular formula is C17H21ClN2O3. The minimum absolute atomic E-state index is 0.0895. The molecule has 3 aliphatic heterocycles. The van der Waals surface area contributed by atoms with Crippen LogP contribution in [0.1, 0.15) is 31.2 Å². The first kappa shape index (κ1) is 15.1. The van der Waals surface area contributed by atoms with Crippen molar-refractivity contribution in [3.8, 4) is 11.5 Å². The molecule has 23 heavy (non-hydrogen) atoms. The molecule has 0 saturated carbocycles. The highest BCUT2D eigenvalue weighted by atomic mass is 35.5. The number of ether oxygens (including phenoxy) is 2. The Labute approximate surface area is 141 Å². The number of piperidine rings is 1. The van der Waals surface area contributed by atoms with Crippen LogP contribution in [0.3, 0.4) is 0 Å². The fourth-order valence-electron chi connectivity index (χ4n) is 3.97. The highest BCUT2D eigenvalue weighted by Gasteiger charge is 2.44. The third-order valence-electron chi connectivity index (χ3n) is 5.61. The van der Waals surface area contributed by atoms with Crippen molar-refractivity contribution in [1.29, 1.82) is 0 Å². The van der Waals surface area contributed by atoms with Crippen molar-refractivity contribution in [1.82, 2.24) is 9.80 Å². The molecule has 2 saturated heterocycles. The summed E-state index contributed by atoms with van der Waals surface area (Å²) in [6, 6.07) is 3.83. The van der Waals surface area contributed by atoms with Crippen LogP contribution in [0.4, 0.5) is 0 Å². The molecule has 0 radical (unpaired) electrons. The monoisotopic (exact) mass is 336 g/mol. The van der Waals surface area contributed by atoms with Crippen LogP contribution in [-0.2, 0) is 11.3 Å². The van der Waals surface area contributed by atoms with Gasteiger partial charge in [-0.25, -0.2) is 0 Å². The molecule has 2 fully saturated rings. The third kappa shape index (κ3) is 2.56. The molecular weight excluding hydrogens is 316 g/mol. The van der Waals surface area contributed by atoms with Crippen molar-refractivity contribution in [3.63, 3.8) is 0 Å². The van der Waals surface area contributed by atoms with Gasteiger partial charge in [-0.3, -0.25) is 9.69 Å². The summed E-state index contributed by atoms with van der Waals surface area (Å²) in [6.07, 6.45) is 3.78. The molecule has 124 valence electrons. The largest absolute Gasteiger partial charge is 0.454 e. The third-order valence-corrected chi connectivity index (χ3v) is 5.96. The van der Waals surface area contributed by atoms with Crippen molar-refractivity contribution >= 4 is 17.5 Å². The molecule has 3 aliphatic rings. The Morgan fingerprint density at radius 1 is 1.17 bits per heavy atom. The van der Waals surface area contributed by atoms with Crippen LogP contribution in [-0.4, -0.2) is 48.2 Å². The fraction of sp³-hybridized carbons (Fsp3) is 0.588. The predicted octanol–water partition coefficient (Wildman–Crippen LogP) is 2.66. The Hall–Kier alpha value is -1.46. The van der Waals surface area contributed by atoms with E-state index in [1.807, 2.05) is 24.1 Å². The Morgan fingerprint density at radius 3 is 2.52 bits per heavy atom. The Bertz CT molecular complexity index is 641. The lowest BCUT2D eigenvalue weighted by Crippen LogP contribution is -2.51. The zero-order valence-corrected chi connectivity index (χ0v) is 14.1. The van der Waals surface area contributed by atoms with Crippen molar-refractivity contribution < 1.29 is 14.3 Å². The average Bonchev–Trinajstić information content (AvgIpc) is 3.10. The van der Waals surface area contributed by atoms with E-state index in [4.69, 9.17) is 21.1 Å². The molecule has 4 rings (SSSR count). The summed E-state index contributed by atoms with van der Waals surface area (Å²) in [7, 11) is 1.96. The number of halogens is 1. The SMILES string of the molecule is CN1C(=O)CCC12CCN(Cc1cc3c(cc1Cl)OCO3)CC2. The first-order valence-electron chi connectivity index (χ1n) is 8.14. The zero-order valence-electron chi connectivity index (χ0n) is 13.3. The van der Waals surface area contributed by atoms with Crippen LogP contribution >= 0.6 is 11.6 Å². The number of carbonyl (C=O) groups excluding carboxylic acids is 1. The molecule has 0 aromatic heterocycles. The number of benzene rings is 1. The maximum absolute atomic E-state index is 11.8. The van der Waals surface area contributed by atoms with Gasteiger partial charge in [0.25, 0.3) is 0 Å². The van der Waals surface area contributed by atoms with Gasteiger partial charge in [0.2, 0.25) is 12.7 Å². The lowest BCUT2D eigenvalue weighted by atomic mass is 9.85. The normalized spacial score (nSPS) is 23.0. The maximum atomic E-state index is 11.8. The van der Waals surface area contributed by atoms with E-state index in [0.29, 0.717) is 6.42 Å². The van der Waals surface area contributed by atoms with E-state index in [1.165, 1.54) is 0 Å². The van der Waals surface area contributed by atoms with Crippen LogP contribution in [0.25, 0.3) is 0 Å². The Morgan fingerprint density at radius 2 is 1.87 bits per heavy atom. The van der Waals surface area contributed by atoms with Gasteiger partial charge in [-0.15, -0.1) is 0 Å². The number of nitrogens with zero attached hydrogens (tertiary/aromatic N) is 2. The minimum Gasteiger partial charge on any atom is -0.454 e. The smallest absolute Gasteiger partial charge is 0.231 e. The lowest BCUT2D eigenvalue weighted by molar-refractivity contribution is -0.130. The van der Waals surface area contributed by atoms with Crippen molar-refractivity contribution in [2.75, 3.05) is 26.9 Å². The van der Waals surface area contributed by atoms with E-state index in [1.54, 1.807) is 0 Å². The van der Waals surface area contributed by atoms with Crippen LogP contribution in [0.2, 0.25) is 5.02 Å². The zero-order chi connectivity index (χ0) is 16.0. The molecule has 0 aliphatic carbocycles. The number of amides is 1. The van der Waals surface area contributed by atoms with Crippen LogP contribution in [0.5, 0.6) is 11.5 Å². The van der Waals surface area contributed by atoms with Crippen molar-refractivity contribution in [2.24, 2.45) is 0 Å². The van der Waals surface area contributed by atoms with Gasteiger partial charge >= 0.3 is 0 Å². The molecule has 5 nitrogen and oxygen atoms in total. The predicted molar refractivity (Wildman–Crippen MR) is 86.8 cm³/mol. The van der Waals surface area contributed by atoms with Crippen molar-refractivity contribution in [2.45, 2.75) is 37.8 Å². The summed E-state index contributed by atoms with van der Waals surface area (Å²) < 4.78 is 10.8. The summed E-state index contributed by atoms with van der Waals surface area (Å²) in [5, 5.41) is 0.725. The second-order valence-electron chi connectivity index (χ2n) is 6.75. The number of fused-ring (bicyclic) bond motifs is 1.